The van der Waals surface area contributed by atoms with E-state index in [0.717, 1.165) is 23.9 Å². The lowest BCUT2D eigenvalue weighted by Gasteiger charge is -2.26. The summed E-state index contributed by atoms with van der Waals surface area (Å²) in [4.78, 5) is 0. The van der Waals surface area contributed by atoms with Crippen molar-refractivity contribution >= 4 is 0 Å². The average Bonchev–Trinajstić information content (AvgIpc) is 2.46. The number of rotatable bonds is 6. The van der Waals surface area contributed by atoms with Gasteiger partial charge in [-0.05, 0) is 36.4 Å². The van der Waals surface area contributed by atoms with Gasteiger partial charge in [-0.2, -0.15) is 0 Å². The van der Waals surface area contributed by atoms with Crippen LogP contribution in [0.1, 0.15) is 56.6 Å². The van der Waals surface area contributed by atoms with Gasteiger partial charge in [-0.1, -0.05) is 50.8 Å². The second-order valence-electron chi connectivity index (χ2n) is 6.14. The standard InChI is InChI=1S/C17H25F2N/c1-13-5-7-14(8-6-13)9-10-20-12-15-3-2-4-16(11-15)17(18)19/h2-4,11,13-14,17,20H,5-10,12H2,1H3. The monoisotopic (exact) mass is 281 g/mol. The summed E-state index contributed by atoms with van der Waals surface area (Å²) in [5.41, 5.74) is 1.06. The Bertz CT molecular complexity index is 398. The van der Waals surface area contributed by atoms with Crippen molar-refractivity contribution in [1.29, 1.82) is 0 Å². The molecule has 1 aromatic rings. The van der Waals surface area contributed by atoms with Gasteiger partial charge in [0.1, 0.15) is 0 Å². The molecule has 1 saturated carbocycles. The number of halogens is 2. The molecular formula is C17H25F2N. The molecule has 0 amide bonds. The molecule has 0 atom stereocenters. The van der Waals surface area contributed by atoms with Gasteiger partial charge in [0.2, 0.25) is 0 Å². The van der Waals surface area contributed by atoms with E-state index in [2.05, 4.69) is 12.2 Å². The SMILES string of the molecule is CC1CCC(CCNCc2cccc(C(F)F)c2)CC1. The number of alkyl halides is 2. The van der Waals surface area contributed by atoms with Crippen molar-refractivity contribution in [2.45, 2.75) is 52.0 Å². The van der Waals surface area contributed by atoms with E-state index in [1.807, 2.05) is 6.07 Å². The van der Waals surface area contributed by atoms with Crippen molar-refractivity contribution in [3.63, 3.8) is 0 Å². The molecule has 0 bridgehead atoms. The topological polar surface area (TPSA) is 12.0 Å². The van der Waals surface area contributed by atoms with Crippen molar-refractivity contribution in [2.75, 3.05) is 6.54 Å². The lowest BCUT2D eigenvalue weighted by molar-refractivity contribution is 0.151. The van der Waals surface area contributed by atoms with Crippen LogP contribution in [0.3, 0.4) is 0 Å². The first-order valence-electron chi connectivity index (χ1n) is 7.73. The molecule has 0 heterocycles. The molecule has 112 valence electrons. The molecule has 1 aliphatic carbocycles. The normalized spacial score (nSPS) is 23.2. The van der Waals surface area contributed by atoms with E-state index in [4.69, 9.17) is 0 Å². The van der Waals surface area contributed by atoms with Gasteiger partial charge in [0.05, 0.1) is 0 Å². The van der Waals surface area contributed by atoms with Gasteiger partial charge < -0.3 is 5.32 Å². The molecule has 2 rings (SSSR count). The van der Waals surface area contributed by atoms with Crippen molar-refractivity contribution in [1.82, 2.24) is 5.32 Å². The van der Waals surface area contributed by atoms with Crippen LogP contribution in [0.5, 0.6) is 0 Å². The van der Waals surface area contributed by atoms with Crippen molar-refractivity contribution in [3.8, 4) is 0 Å². The van der Waals surface area contributed by atoms with E-state index in [9.17, 15) is 8.78 Å². The molecule has 1 aromatic carbocycles. The number of benzene rings is 1. The molecule has 3 heteroatoms. The fraction of sp³-hybridized carbons (Fsp3) is 0.647. The third kappa shape index (κ3) is 4.86. The Morgan fingerprint density at radius 1 is 1.20 bits per heavy atom. The van der Waals surface area contributed by atoms with Crippen LogP contribution in [0.25, 0.3) is 0 Å². The predicted molar refractivity (Wildman–Crippen MR) is 78.8 cm³/mol. The largest absolute Gasteiger partial charge is 0.313 e. The van der Waals surface area contributed by atoms with Crippen LogP contribution in [0.15, 0.2) is 24.3 Å². The maximum atomic E-state index is 12.6. The smallest absolute Gasteiger partial charge is 0.263 e. The number of hydrogen-bond acceptors (Lipinski definition) is 1. The Kier molecular flexibility index (Phi) is 5.96. The minimum absolute atomic E-state index is 0.116. The number of hydrogen-bond donors (Lipinski definition) is 1. The molecule has 0 aromatic heterocycles. The number of nitrogens with one attached hydrogen (secondary N) is 1. The lowest BCUT2D eigenvalue weighted by atomic mass is 9.81. The Labute approximate surface area is 120 Å². The van der Waals surface area contributed by atoms with Crippen LogP contribution in [0.2, 0.25) is 0 Å². The highest BCUT2D eigenvalue weighted by molar-refractivity contribution is 5.24. The molecule has 0 radical (unpaired) electrons. The summed E-state index contributed by atoms with van der Waals surface area (Å²) in [6.45, 7) is 4.01. The quantitative estimate of drug-likeness (QED) is 0.729. The lowest BCUT2D eigenvalue weighted by Crippen LogP contribution is -2.20. The highest BCUT2D eigenvalue weighted by Crippen LogP contribution is 2.29. The van der Waals surface area contributed by atoms with E-state index in [1.54, 1.807) is 12.1 Å². The zero-order valence-corrected chi connectivity index (χ0v) is 12.2. The van der Waals surface area contributed by atoms with E-state index in [-0.39, 0.29) is 5.56 Å². The van der Waals surface area contributed by atoms with Crippen molar-refractivity contribution in [2.24, 2.45) is 11.8 Å². The molecule has 0 unspecified atom stereocenters. The first-order valence-corrected chi connectivity index (χ1v) is 7.73. The van der Waals surface area contributed by atoms with Gasteiger partial charge in [-0.3, -0.25) is 0 Å². The van der Waals surface area contributed by atoms with Gasteiger partial charge in [0.25, 0.3) is 6.43 Å². The van der Waals surface area contributed by atoms with Gasteiger partial charge in [-0.25, -0.2) is 8.78 Å². The summed E-state index contributed by atoms with van der Waals surface area (Å²) in [6.07, 6.45) is 4.26. The molecule has 1 fully saturated rings. The van der Waals surface area contributed by atoms with Crippen LogP contribution in [-0.4, -0.2) is 6.54 Å². The molecule has 0 spiro atoms. The molecule has 1 aliphatic rings. The second-order valence-corrected chi connectivity index (χ2v) is 6.14. The van der Waals surface area contributed by atoms with E-state index < -0.39 is 6.43 Å². The fourth-order valence-electron chi connectivity index (χ4n) is 3.00. The maximum absolute atomic E-state index is 12.6. The molecule has 20 heavy (non-hydrogen) atoms. The molecule has 1 N–H and O–H groups in total. The average molecular weight is 281 g/mol. The minimum Gasteiger partial charge on any atom is -0.313 e. The summed E-state index contributed by atoms with van der Waals surface area (Å²) in [7, 11) is 0. The third-order valence-electron chi connectivity index (χ3n) is 4.40. The Hall–Kier alpha value is -0.960. The first kappa shape index (κ1) is 15.4. The summed E-state index contributed by atoms with van der Waals surface area (Å²) in [5.74, 6) is 1.75. The maximum Gasteiger partial charge on any atom is 0.263 e. The molecule has 0 aliphatic heterocycles. The van der Waals surface area contributed by atoms with Gasteiger partial charge in [0, 0.05) is 12.1 Å². The zero-order chi connectivity index (χ0) is 14.4. The van der Waals surface area contributed by atoms with Crippen LogP contribution in [-0.2, 0) is 6.54 Å². The van der Waals surface area contributed by atoms with Crippen molar-refractivity contribution < 1.29 is 8.78 Å². The highest BCUT2D eigenvalue weighted by Gasteiger charge is 2.17. The van der Waals surface area contributed by atoms with Gasteiger partial charge in [-0.15, -0.1) is 0 Å². The van der Waals surface area contributed by atoms with Crippen LogP contribution in [0.4, 0.5) is 8.78 Å². The summed E-state index contributed by atoms with van der Waals surface area (Å²) < 4.78 is 25.2. The van der Waals surface area contributed by atoms with Crippen molar-refractivity contribution in [3.05, 3.63) is 35.4 Å². The van der Waals surface area contributed by atoms with Crippen LogP contribution in [0, 0.1) is 11.8 Å². The summed E-state index contributed by atoms with van der Waals surface area (Å²) >= 11 is 0. The Morgan fingerprint density at radius 3 is 2.65 bits per heavy atom. The zero-order valence-electron chi connectivity index (χ0n) is 12.2. The van der Waals surface area contributed by atoms with E-state index >= 15 is 0 Å². The minimum atomic E-state index is -2.38. The summed E-state index contributed by atoms with van der Waals surface area (Å²) in [5, 5.41) is 3.38. The van der Waals surface area contributed by atoms with Gasteiger partial charge >= 0.3 is 0 Å². The second kappa shape index (κ2) is 7.72. The van der Waals surface area contributed by atoms with Crippen LogP contribution >= 0.6 is 0 Å². The molecular weight excluding hydrogens is 256 g/mol. The fourth-order valence-corrected chi connectivity index (χ4v) is 3.00. The predicted octanol–water partition coefficient (Wildman–Crippen LogP) is 4.93. The summed E-state index contributed by atoms with van der Waals surface area (Å²) in [6, 6.07) is 6.69. The Morgan fingerprint density at radius 2 is 1.95 bits per heavy atom. The van der Waals surface area contributed by atoms with Crippen LogP contribution < -0.4 is 5.32 Å². The Balaban J connectivity index is 1.67. The molecule has 1 nitrogen and oxygen atoms in total. The highest BCUT2D eigenvalue weighted by atomic mass is 19.3. The van der Waals surface area contributed by atoms with Gasteiger partial charge in [0.15, 0.2) is 0 Å². The van der Waals surface area contributed by atoms with E-state index in [0.29, 0.717) is 6.54 Å². The third-order valence-corrected chi connectivity index (χ3v) is 4.40. The molecule has 0 saturated heterocycles. The van der Waals surface area contributed by atoms with E-state index in [1.165, 1.54) is 38.2 Å². The first-order chi connectivity index (χ1) is 9.65.